The van der Waals surface area contributed by atoms with E-state index in [1.165, 1.54) is 12.8 Å². The molecular formula is C13H15ClO. The molecule has 1 nitrogen and oxygen atoms in total. The molecule has 0 spiro atoms. The van der Waals surface area contributed by atoms with Gasteiger partial charge in [0, 0.05) is 5.02 Å². The Kier molecular flexibility index (Phi) is 3.32. The van der Waals surface area contributed by atoms with Crippen LogP contribution in [0.15, 0.2) is 30.4 Å². The van der Waals surface area contributed by atoms with Crippen LogP contribution in [-0.2, 0) is 0 Å². The van der Waals surface area contributed by atoms with E-state index in [0.717, 1.165) is 22.8 Å². The summed E-state index contributed by atoms with van der Waals surface area (Å²) in [5.74, 6) is 0.902. The Labute approximate surface area is 95.7 Å². The van der Waals surface area contributed by atoms with Gasteiger partial charge < -0.3 is 4.74 Å². The van der Waals surface area contributed by atoms with Crippen molar-refractivity contribution in [3.63, 3.8) is 0 Å². The molecule has 1 unspecified atom stereocenters. The molecule has 1 atom stereocenters. The van der Waals surface area contributed by atoms with E-state index in [-0.39, 0.29) is 6.10 Å². The summed E-state index contributed by atoms with van der Waals surface area (Å²) in [6, 6.07) is 5.77. The van der Waals surface area contributed by atoms with Gasteiger partial charge in [0.25, 0.3) is 0 Å². The van der Waals surface area contributed by atoms with Gasteiger partial charge in [-0.15, -0.1) is 0 Å². The van der Waals surface area contributed by atoms with Crippen molar-refractivity contribution in [2.45, 2.75) is 32.3 Å². The highest BCUT2D eigenvalue weighted by Crippen LogP contribution is 2.25. The van der Waals surface area contributed by atoms with E-state index in [1.807, 2.05) is 25.1 Å². The van der Waals surface area contributed by atoms with E-state index in [2.05, 4.69) is 12.2 Å². The van der Waals surface area contributed by atoms with Crippen LogP contribution in [0.25, 0.3) is 0 Å². The van der Waals surface area contributed by atoms with Gasteiger partial charge in [-0.2, -0.15) is 0 Å². The van der Waals surface area contributed by atoms with Crippen molar-refractivity contribution in [2.75, 3.05) is 0 Å². The highest BCUT2D eigenvalue weighted by molar-refractivity contribution is 6.30. The van der Waals surface area contributed by atoms with Crippen LogP contribution in [0.3, 0.4) is 0 Å². The summed E-state index contributed by atoms with van der Waals surface area (Å²) >= 11 is 5.94. The Hall–Kier alpha value is -0.950. The van der Waals surface area contributed by atoms with Crippen LogP contribution in [0.5, 0.6) is 5.75 Å². The number of hydrogen-bond donors (Lipinski definition) is 0. The summed E-state index contributed by atoms with van der Waals surface area (Å²) in [6.45, 7) is 2.04. The minimum absolute atomic E-state index is 0.218. The van der Waals surface area contributed by atoms with Gasteiger partial charge in [0.05, 0.1) is 0 Å². The van der Waals surface area contributed by atoms with Crippen LogP contribution in [0.1, 0.15) is 24.8 Å². The van der Waals surface area contributed by atoms with E-state index in [0.29, 0.717) is 0 Å². The molecule has 1 aromatic rings. The third-order valence-electron chi connectivity index (χ3n) is 2.64. The first-order valence-electron chi connectivity index (χ1n) is 5.35. The molecule has 0 amide bonds. The molecule has 0 fully saturated rings. The minimum Gasteiger partial charge on any atom is -0.486 e. The Morgan fingerprint density at radius 1 is 1.40 bits per heavy atom. The van der Waals surface area contributed by atoms with Crippen LogP contribution in [-0.4, -0.2) is 6.10 Å². The second kappa shape index (κ2) is 4.71. The van der Waals surface area contributed by atoms with Gasteiger partial charge in [0.2, 0.25) is 0 Å². The molecule has 80 valence electrons. The zero-order valence-corrected chi connectivity index (χ0v) is 9.63. The van der Waals surface area contributed by atoms with Gasteiger partial charge in [-0.05, 0) is 50.0 Å². The first-order chi connectivity index (χ1) is 7.25. The van der Waals surface area contributed by atoms with Crippen LogP contribution < -0.4 is 4.74 Å². The van der Waals surface area contributed by atoms with E-state index in [9.17, 15) is 0 Å². The van der Waals surface area contributed by atoms with Crippen LogP contribution >= 0.6 is 11.6 Å². The topological polar surface area (TPSA) is 9.23 Å². The second-order valence-corrected chi connectivity index (χ2v) is 4.36. The molecule has 0 radical (unpaired) electrons. The summed E-state index contributed by atoms with van der Waals surface area (Å²) in [7, 11) is 0. The van der Waals surface area contributed by atoms with Crippen molar-refractivity contribution in [2.24, 2.45) is 0 Å². The average Bonchev–Trinajstić information content (AvgIpc) is 2.25. The minimum atomic E-state index is 0.218. The standard InChI is InChI=1S/C13H15ClO/c1-10-7-8-11(14)9-13(10)15-12-5-3-2-4-6-12/h3,5,7-9,12H,2,4,6H2,1H3. The number of benzene rings is 1. The maximum atomic E-state index is 5.94. The third kappa shape index (κ3) is 2.75. The zero-order valence-electron chi connectivity index (χ0n) is 8.87. The summed E-state index contributed by atoms with van der Waals surface area (Å²) in [6.07, 6.45) is 8.03. The lowest BCUT2D eigenvalue weighted by atomic mass is 10.1. The number of allylic oxidation sites excluding steroid dienone is 1. The number of ether oxygens (including phenoxy) is 1. The molecule has 1 aliphatic carbocycles. The van der Waals surface area contributed by atoms with E-state index in [1.54, 1.807) is 0 Å². The van der Waals surface area contributed by atoms with Crippen molar-refractivity contribution in [1.82, 2.24) is 0 Å². The molecule has 0 bridgehead atoms. The summed E-state index contributed by atoms with van der Waals surface area (Å²) in [5, 5.41) is 0.732. The summed E-state index contributed by atoms with van der Waals surface area (Å²) in [4.78, 5) is 0. The normalized spacial score (nSPS) is 20.3. The molecule has 0 saturated heterocycles. The van der Waals surface area contributed by atoms with Gasteiger partial charge in [-0.3, -0.25) is 0 Å². The second-order valence-electron chi connectivity index (χ2n) is 3.93. The Morgan fingerprint density at radius 2 is 2.27 bits per heavy atom. The van der Waals surface area contributed by atoms with Crippen molar-refractivity contribution in [3.05, 3.63) is 40.9 Å². The van der Waals surface area contributed by atoms with Crippen LogP contribution in [0.2, 0.25) is 5.02 Å². The maximum Gasteiger partial charge on any atom is 0.124 e. The van der Waals surface area contributed by atoms with E-state index >= 15 is 0 Å². The van der Waals surface area contributed by atoms with Crippen LogP contribution in [0.4, 0.5) is 0 Å². The van der Waals surface area contributed by atoms with Crippen molar-refractivity contribution in [3.8, 4) is 5.75 Å². The third-order valence-corrected chi connectivity index (χ3v) is 2.87. The maximum absolute atomic E-state index is 5.94. The summed E-state index contributed by atoms with van der Waals surface area (Å²) in [5.41, 5.74) is 1.14. The molecule has 2 rings (SSSR count). The molecule has 0 aromatic heterocycles. The fourth-order valence-corrected chi connectivity index (χ4v) is 1.91. The molecule has 0 aliphatic heterocycles. The molecule has 0 heterocycles. The highest BCUT2D eigenvalue weighted by Gasteiger charge is 2.11. The lowest BCUT2D eigenvalue weighted by Crippen LogP contribution is -2.16. The van der Waals surface area contributed by atoms with Crippen LogP contribution in [0, 0.1) is 6.92 Å². The first-order valence-corrected chi connectivity index (χ1v) is 5.73. The highest BCUT2D eigenvalue weighted by atomic mass is 35.5. The first kappa shape index (κ1) is 10.6. The summed E-state index contributed by atoms with van der Waals surface area (Å²) < 4.78 is 5.90. The van der Waals surface area contributed by atoms with Gasteiger partial charge >= 0.3 is 0 Å². The number of aryl methyl sites for hydroxylation is 1. The smallest absolute Gasteiger partial charge is 0.124 e. The van der Waals surface area contributed by atoms with E-state index < -0.39 is 0 Å². The number of hydrogen-bond acceptors (Lipinski definition) is 1. The average molecular weight is 223 g/mol. The number of rotatable bonds is 2. The zero-order chi connectivity index (χ0) is 10.7. The largest absolute Gasteiger partial charge is 0.486 e. The van der Waals surface area contributed by atoms with Gasteiger partial charge in [0.15, 0.2) is 0 Å². The fourth-order valence-electron chi connectivity index (χ4n) is 1.74. The molecule has 1 aliphatic rings. The molecule has 0 N–H and O–H groups in total. The van der Waals surface area contributed by atoms with Crippen molar-refractivity contribution < 1.29 is 4.74 Å². The predicted octanol–water partition coefficient (Wildman–Crippen LogP) is 4.14. The van der Waals surface area contributed by atoms with Crippen molar-refractivity contribution >= 4 is 11.6 Å². The molecule has 15 heavy (non-hydrogen) atoms. The Balaban J connectivity index is 2.12. The molecule has 2 heteroatoms. The quantitative estimate of drug-likeness (QED) is 0.684. The Bertz CT molecular complexity index is 371. The predicted molar refractivity (Wildman–Crippen MR) is 63.6 cm³/mol. The SMILES string of the molecule is Cc1ccc(Cl)cc1OC1C=CCCC1. The lowest BCUT2D eigenvalue weighted by Gasteiger charge is -2.19. The van der Waals surface area contributed by atoms with Gasteiger partial charge in [-0.1, -0.05) is 23.7 Å². The van der Waals surface area contributed by atoms with Crippen molar-refractivity contribution in [1.29, 1.82) is 0 Å². The van der Waals surface area contributed by atoms with Gasteiger partial charge in [-0.25, -0.2) is 0 Å². The molecular weight excluding hydrogens is 208 g/mol. The monoisotopic (exact) mass is 222 g/mol. The Morgan fingerprint density at radius 3 is 3.00 bits per heavy atom. The van der Waals surface area contributed by atoms with Gasteiger partial charge in [0.1, 0.15) is 11.9 Å². The fraction of sp³-hybridized carbons (Fsp3) is 0.385. The lowest BCUT2D eigenvalue weighted by molar-refractivity contribution is 0.228. The molecule has 1 aromatic carbocycles. The van der Waals surface area contributed by atoms with E-state index in [4.69, 9.17) is 16.3 Å². The molecule has 0 saturated carbocycles. The number of halogens is 1.